The predicted octanol–water partition coefficient (Wildman–Crippen LogP) is 2.22. The lowest BCUT2D eigenvalue weighted by molar-refractivity contribution is 0.00578. The molecule has 6 nitrogen and oxygen atoms in total. The first-order chi connectivity index (χ1) is 11.1. The maximum absolute atomic E-state index is 11.1. The molecular formula is C17H23BO6. The van der Waals surface area contributed by atoms with Crippen molar-refractivity contribution in [1.29, 1.82) is 0 Å². The Labute approximate surface area is 142 Å². The van der Waals surface area contributed by atoms with Gasteiger partial charge in [0, 0.05) is 11.1 Å². The van der Waals surface area contributed by atoms with Crippen molar-refractivity contribution in [3.63, 3.8) is 0 Å². The topological polar surface area (TPSA) is 85.2 Å². The number of aromatic hydroxyl groups is 1. The number of phenolic OH excluding ortho intramolecular Hbond substituents is 1. The number of rotatable bonds is 5. The second kappa shape index (κ2) is 6.59. The summed E-state index contributed by atoms with van der Waals surface area (Å²) in [5.74, 6) is 0.0580. The van der Waals surface area contributed by atoms with Gasteiger partial charge in [0.05, 0.1) is 24.9 Å². The van der Waals surface area contributed by atoms with Gasteiger partial charge in [0.25, 0.3) is 0 Å². The fraction of sp³-hybridized carbons (Fsp3) is 0.471. The molecule has 2 rings (SSSR count). The molecule has 0 radical (unpaired) electrons. The largest absolute Gasteiger partial charge is 0.504 e. The number of phenols is 1. The van der Waals surface area contributed by atoms with Crippen LogP contribution in [0, 0.1) is 0 Å². The number of benzene rings is 1. The first-order valence-corrected chi connectivity index (χ1v) is 7.68. The Kier molecular flexibility index (Phi) is 5.08. The zero-order valence-corrected chi connectivity index (χ0v) is 14.6. The molecule has 0 bridgehead atoms. The average Bonchev–Trinajstić information content (AvgIpc) is 2.74. The summed E-state index contributed by atoms with van der Waals surface area (Å²) in [4.78, 5) is 11.1. The standard InChI is InChI=1S/C17H23BO6/c1-16(2)17(3,4)24-18(23-16)13(10-20)8-12-6-11(9-19)7-14(22-5)15(12)21/h6-9,20-21H,10H2,1-5H3. The molecular weight excluding hydrogens is 311 g/mol. The van der Waals surface area contributed by atoms with E-state index >= 15 is 0 Å². The van der Waals surface area contributed by atoms with E-state index < -0.39 is 18.3 Å². The minimum absolute atomic E-state index is 0.120. The van der Waals surface area contributed by atoms with Crippen LogP contribution in [0.25, 0.3) is 6.08 Å². The fourth-order valence-electron chi connectivity index (χ4n) is 2.37. The van der Waals surface area contributed by atoms with Crippen LogP contribution in [0.3, 0.4) is 0 Å². The summed E-state index contributed by atoms with van der Waals surface area (Å²) in [7, 11) is 0.656. The van der Waals surface area contributed by atoms with E-state index in [0.717, 1.165) is 0 Å². The Morgan fingerprint density at radius 1 is 1.25 bits per heavy atom. The summed E-state index contributed by atoms with van der Waals surface area (Å²) in [5, 5.41) is 20.0. The van der Waals surface area contributed by atoms with Crippen molar-refractivity contribution in [2.24, 2.45) is 0 Å². The molecule has 1 heterocycles. The van der Waals surface area contributed by atoms with Crippen molar-refractivity contribution >= 4 is 19.5 Å². The van der Waals surface area contributed by atoms with Crippen LogP contribution in [0.15, 0.2) is 17.6 Å². The third kappa shape index (κ3) is 3.33. The Bertz CT molecular complexity index is 649. The lowest BCUT2D eigenvalue weighted by atomic mass is 9.77. The van der Waals surface area contributed by atoms with Gasteiger partial charge in [-0.05, 0) is 45.3 Å². The van der Waals surface area contributed by atoms with Crippen LogP contribution in [-0.2, 0) is 9.31 Å². The SMILES string of the molecule is COc1cc(C=O)cc(C=C(CO)B2OC(C)(C)C(C)(C)O2)c1O. The Morgan fingerprint density at radius 3 is 2.29 bits per heavy atom. The van der Waals surface area contributed by atoms with Crippen LogP contribution >= 0.6 is 0 Å². The van der Waals surface area contributed by atoms with E-state index in [0.29, 0.717) is 22.9 Å². The summed E-state index contributed by atoms with van der Waals surface area (Å²) >= 11 is 0. The van der Waals surface area contributed by atoms with Crippen LogP contribution in [0.5, 0.6) is 11.5 Å². The molecule has 1 saturated heterocycles. The highest BCUT2D eigenvalue weighted by Crippen LogP contribution is 2.39. The minimum atomic E-state index is -0.745. The summed E-state index contributed by atoms with van der Waals surface area (Å²) in [6.45, 7) is 7.33. The van der Waals surface area contributed by atoms with Crippen molar-refractivity contribution < 1.29 is 29.1 Å². The van der Waals surface area contributed by atoms with E-state index in [4.69, 9.17) is 14.0 Å². The fourth-order valence-corrected chi connectivity index (χ4v) is 2.37. The van der Waals surface area contributed by atoms with E-state index in [1.165, 1.54) is 19.2 Å². The first kappa shape index (κ1) is 18.5. The molecule has 0 spiro atoms. The molecule has 130 valence electrons. The van der Waals surface area contributed by atoms with Gasteiger partial charge in [0.2, 0.25) is 0 Å². The normalized spacial score (nSPS) is 19.4. The van der Waals surface area contributed by atoms with Crippen LogP contribution < -0.4 is 4.74 Å². The lowest BCUT2D eigenvalue weighted by Crippen LogP contribution is -2.41. The molecule has 1 aliphatic heterocycles. The quantitative estimate of drug-likeness (QED) is 0.634. The highest BCUT2D eigenvalue weighted by Gasteiger charge is 2.52. The van der Waals surface area contributed by atoms with Crippen molar-refractivity contribution in [3.05, 3.63) is 28.7 Å². The van der Waals surface area contributed by atoms with Crippen LogP contribution in [0.1, 0.15) is 43.6 Å². The highest BCUT2D eigenvalue weighted by molar-refractivity contribution is 6.55. The molecule has 7 heteroatoms. The molecule has 1 aromatic carbocycles. The number of methoxy groups -OCH3 is 1. The number of ether oxygens (including phenoxy) is 1. The van der Waals surface area contributed by atoms with Crippen LogP contribution in [0.4, 0.5) is 0 Å². The zero-order chi connectivity index (χ0) is 18.1. The number of carbonyl (C=O) groups excluding carboxylic acids is 1. The number of aliphatic hydroxyl groups is 1. The van der Waals surface area contributed by atoms with Crippen LogP contribution in [0.2, 0.25) is 0 Å². The van der Waals surface area contributed by atoms with Crippen molar-refractivity contribution in [3.8, 4) is 11.5 Å². The first-order valence-electron chi connectivity index (χ1n) is 7.68. The molecule has 1 aromatic rings. The number of hydrogen-bond acceptors (Lipinski definition) is 6. The summed E-state index contributed by atoms with van der Waals surface area (Å²) in [5.41, 5.74) is 0.0402. The number of aliphatic hydroxyl groups excluding tert-OH is 1. The van der Waals surface area contributed by atoms with Gasteiger partial charge in [0.15, 0.2) is 11.5 Å². The van der Waals surface area contributed by atoms with E-state index in [9.17, 15) is 15.0 Å². The summed E-state index contributed by atoms with van der Waals surface area (Å²) in [6.07, 6.45) is 2.21. The van der Waals surface area contributed by atoms with Gasteiger partial charge >= 0.3 is 7.12 Å². The maximum atomic E-state index is 11.1. The molecule has 2 N–H and O–H groups in total. The molecule has 0 atom stereocenters. The molecule has 0 unspecified atom stereocenters. The molecule has 1 aliphatic rings. The third-order valence-corrected chi connectivity index (χ3v) is 4.56. The Hall–Kier alpha value is -1.83. The van der Waals surface area contributed by atoms with Crippen molar-refractivity contribution in [2.45, 2.75) is 38.9 Å². The molecule has 1 fully saturated rings. The van der Waals surface area contributed by atoms with Gasteiger partial charge in [-0.1, -0.05) is 6.08 Å². The zero-order valence-electron chi connectivity index (χ0n) is 14.6. The summed E-state index contributed by atoms with van der Waals surface area (Å²) < 4.78 is 16.9. The van der Waals surface area contributed by atoms with E-state index in [1.807, 2.05) is 27.7 Å². The lowest BCUT2D eigenvalue weighted by Gasteiger charge is -2.32. The molecule has 0 saturated carbocycles. The molecule has 0 aliphatic carbocycles. The second-order valence-corrected chi connectivity index (χ2v) is 6.74. The molecule has 24 heavy (non-hydrogen) atoms. The number of carbonyl (C=O) groups is 1. The van der Waals surface area contributed by atoms with Gasteiger partial charge in [-0.25, -0.2) is 0 Å². The highest BCUT2D eigenvalue weighted by atomic mass is 16.7. The summed E-state index contributed by atoms with van der Waals surface area (Å²) in [6, 6.07) is 2.94. The monoisotopic (exact) mass is 334 g/mol. The smallest absolute Gasteiger partial charge is 0.492 e. The Balaban J connectivity index is 2.44. The Morgan fingerprint density at radius 2 is 1.83 bits per heavy atom. The molecule has 0 amide bonds. The average molecular weight is 334 g/mol. The van der Waals surface area contributed by atoms with Crippen molar-refractivity contribution in [2.75, 3.05) is 13.7 Å². The predicted molar refractivity (Wildman–Crippen MR) is 91.2 cm³/mol. The number of hydrogen-bond donors (Lipinski definition) is 2. The second-order valence-electron chi connectivity index (χ2n) is 6.74. The van der Waals surface area contributed by atoms with Gasteiger partial charge in [0.1, 0.15) is 6.29 Å². The molecule has 0 aromatic heterocycles. The van der Waals surface area contributed by atoms with E-state index in [1.54, 1.807) is 6.08 Å². The van der Waals surface area contributed by atoms with Gasteiger partial charge in [-0.3, -0.25) is 4.79 Å². The van der Waals surface area contributed by atoms with Gasteiger partial charge < -0.3 is 24.3 Å². The third-order valence-electron chi connectivity index (χ3n) is 4.56. The van der Waals surface area contributed by atoms with Crippen LogP contribution in [-0.4, -0.2) is 48.5 Å². The van der Waals surface area contributed by atoms with E-state index in [-0.39, 0.29) is 18.1 Å². The van der Waals surface area contributed by atoms with Gasteiger partial charge in [-0.2, -0.15) is 0 Å². The maximum Gasteiger partial charge on any atom is 0.492 e. The number of aldehydes is 1. The minimum Gasteiger partial charge on any atom is -0.504 e. The van der Waals surface area contributed by atoms with E-state index in [2.05, 4.69) is 0 Å². The van der Waals surface area contributed by atoms with Crippen molar-refractivity contribution in [1.82, 2.24) is 0 Å². The van der Waals surface area contributed by atoms with Gasteiger partial charge in [-0.15, -0.1) is 0 Å².